The lowest BCUT2D eigenvalue weighted by atomic mass is 9.71. The van der Waals surface area contributed by atoms with E-state index < -0.39 is 17.7 Å². The summed E-state index contributed by atoms with van der Waals surface area (Å²) in [6.07, 6.45) is 1.20. The van der Waals surface area contributed by atoms with Gasteiger partial charge in [-0.15, -0.1) is 0 Å². The summed E-state index contributed by atoms with van der Waals surface area (Å²) in [6, 6.07) is 11.8. The molecule has 1 aliphatic heterocycles. The maximum absolute atomic E-state index is 14.3. The Morgan fingerprint density at radius 3 is 2.50 bits per heavy atom. The third-order valence-corrected chi connectivity index (χ3v) is 6.99. The molecule has 2 aliphatic rings. The molecule has 0 saturated heterocycles. The van der Waals surface area contributed by atoms with Crippen LogP contribution >= 0.6 is 0 Å². The quantitative estimate of drug-likeness (QED) is 0.510. The van der Waals surface area contributed by atoms with Gasteiger partial charge in [0.05, 0.1) is 25.9 Å². The van der Waals surface area contributed by atoms with Crippen LogP contribution in [0.1, 0.15) is 63.0 Å². The van der Waals surface area contributed by atoms with E-state index in [1.165, 1.54) is 12.1 Å². The normalized spacial score (nSPS) is 20.4. The number of Topliss-reactive ketones (excluding diaryl/α,β-unsaturated/α-hetero) is 1. The number of halogens is 1. The van der Waals surface area contributed by atoms with Gasteiger partial charge in [-0.3, -0.25) is 4.79 Å². The highest BCUT2D eigenvalue weighted by Gasteiger charge is 2.41. The van der Waals surface area contributed by atoms with Crippen LogP contribution in [0.15, 0.2) is 65.0 Å². The van der Waals surface area contributed by atoms with E-state index in [2.05, 4.69) is 5.32 Å². The Morgan fingerprint density at radius 1 is 1.08 bits per heavy atom. The molecule has 0 aromatic heterocycles. The van der Waals surface area contributed by atoms with Crippen molar-refractivity contribution in [1.82, 2.24) is 5.32 Å². The second-order valence-electron chi connectivity index (χ2n) is 9.31. The van der Waals surface area contributed by atoms with Crippen LogP contribution < -0.4 is 14.8 Å². The Kier molecular flexibility index (Phi) is 7.48. The number of ether oxygens (including phenoxy) is 3. The SMILES string of the molecule is CC[C@H](C)OC(=O)C1=C(C)NC2=C(C(=O)C[C@@H](c3ccc(OC)c(OC)c3)C2)[C@@H]1c1cccc(F)c1. The van der Waals surface area contributed by atoms with Crippen molar-refractivity contribution in [3.63, 3.8) is 0 Å². The summed E-state index contributed by atoms with van der Waals surface area (Å²) in [7, 11) is 3.16. The Labute approximate surface area is 211 Å². The van der Waals surface area contributed by atoms with E-state index >= 15 is 0 Å². The number of esters is 1. The Balaban J connectivity index is 1.76. The highest BCUT2D eigenvalue weighted by molar-refractivity contribution is 6.04. The highest BCUT2D eigenvalue weighted by Crippen LogP contribution is 2.46. The molecule has 0 amide bonds. The number of nitrogens with one attached hydrogen (secondary N) is 1. The van der Waals surface area contributed by atoms with E-state index in [4.69, 9.17) is 14.2 Å². The number of carbonyl (C=O) groups is 2. The topological polar surface area (TPSA) is 73.9 Å². The van der Waals surface area contributed by atoms with Crippen LogP contribution in [0.4, 0.5) is 4.39 Å². The fraction of sp³-hybridized carbons (Fsp3) is 0.379. The van der Waals surface area contributed by atoms with Crippen molar-refractivity contribution in [3.05, 3.63) is 81.9 Å². The Bertz CT molecular complexity index is 1250. The van der Waals surface area contributed by atoms with Crippen LogP contribution in [0.5, 0.6) is 11.5 Å². The summed E-state index contributed by atoms with van der Waals surface area (Å²) in [5.41, 5.74) is 3.71. The van der Waals surface area contributed by atoms with Crippen molar-refractivity contribution < 1.29 is 28.2 Å². The second kappa shape index (κ2) is 10.6. The van der Waals surface area contributed by atoms with E-state index in [0.717, 1.165) is 11.3 Å². The molecule has 7 heteroatoms. The third kappa shape index (κ3) is 4.87. The van der Waals surface area contributed by atoms with Gasteiger partial charge < -0.3 is 19.5 Å². The van der Waals surface area contributed by atoms with Crippen molar-refractivity contribution in [3.8, 4) is 11.5 Å². The minimum absolute atomic E-state index is 0.0841. The third-order valence-electron chi connectivity index (χ3n) is 6.99. The van der Waals surface area contributed by atoms with Crippen molar-refractivity contribution in [2.24, 2.45) is 0 Å². The van der Waals surface area contributed by atoms with Gasteiger partial charge in [-0.05, 0) is 68.0 Å². The average Bonchev–Trinajstić information content (AvgIpc) is 2.86. The molecule has 0 radical (unpaired) electrons. The zero-order valence-corrected chi connectivity index (χ0v) is 21.3. The first kappa shape index (κ1) is 25.5. The van der Waals surface area contributed by atoms with Crippen molar-refractivity contribution in [1.29, 1.82) is 0 Å². The van der Waals surface area contributed by atoms with Crippen LogP contribution in [0.25, 0.3) is 0 Å². The second-order valence-corrected chi connectivity index (χ2v) is 9.31. The number of allylic oxidation sites excluding steroid dienone is 3. The lowest BCUT2D eigenvalue weighted by Crippen LogP contribution is -2.36. The van der Waals surface area contributed by atoms with Crippen LogP contribution in [0.2, 0.25) is 0 Å². The first-order valence-corrected chi connectivity index (χ1v) is 12.2. The summed E-state index contributed by atoms with van der Waals surface area (Å²) < 4.78 is 30.7. The molecular formula is C29H32FNO5. The van der Waals surface area contributed by atoms with Gasteiger partial charge >= 0.3 is 5.97 Å². The molecule has 0 bridgehead atoms. The van der Waals surface area contributed by atoms with Gasteiger partial charge in [0.25, 0.3) is 0 Å². The average molecular weight is 494 g/mol. The van der Waals surface area contributed by atoms with Crippen LogP contribution in [-0.2, 0) is 14.3 Å². The number of carbonyl (C=O) groups excluding carboxylic acids is 2. The summed E-state index contributed by atoms with van der Waals surface area (Å²) >= 11 is 0. The summed E-state index contributed by atoms with van der Waals surface area (Å²) in [6.45, 7) is 5.56. The number of methoxy groups -OCH3 is 2. The maximum atomic E-state index is 14.3. The molecule has 0 unspecified atom stereocenters. The monoisotopic (exact) mass is 493 g/mol. The fourth-order valence-electron chi connectivity index (χ4n) is 5.00. The smallest absolute Gasteiger partial charge is 0.337 e. The first-order chi connectivity index (χ1) is 17.3. The minimum Gasteiger partial charge on any atom is -0.493 e. The number of hydrogen-bond donors (Lipinski definition) is 1. The highest BCUT2D eigenvalue weighted by atomic mass is 19.1. The number of benzene rings is 2. The first-order valence-electron chi connectivity index (χ1n) is 12.2. The Hall–Kier alpha value is -3.61. The zero-order chi connectivity index (χ0) is 26.0. The summed E-state index contributed by atoms with van der Waals surface area (Å²) in [5, 5.41) is 3.32. The summed E-state index contributed by atoms with van der Waals surface area (Å²) in [5.74, 6) is -0.572. The van der Waals surface area contributed by atoms with Crippen molar-refractivity contribution >= 4 is 11.8 Å². The number of dihydropyridines is 1. The molecule has 1 N–H and O–H groups in total. The van der Waals surface area contributed by atoms with Crippen molar-refractivity contribution in [2.75, 3.05) is 14.2 Å². The largest absolute Gasteiger partial charge is 0.493 e. The van der Waals surface area contributed by atoms with Gasteiger partial charge in [-0.25, -0.2) is 9.18 Å². The molecule has 36 heavy (non-hydrogen) atoms. The maximum Gasteiger partial charge on any atom is 0.337 e. The Morgan fingerprint density at radius 2 is 1.83 bits per heavy atom. The standard InChI is InChI=1S/C29H32FNO5/c1-6-16(2)36-29(33)26-17(3)31-22-13-20(18-10-11-24(34-4)25(15-18)35-5)14-23(32)28(22)27(26)19-8-7-9-21(30)12-19/h7-12,15-16,20,27,31H,6,13-14H2,1-5H3/t16-,20-,27+/m0/s1. The van der Waals surface area contributed by atoms with E-state index in [1.807, 2.05) is 32.0 Å². The zero-order valence-electron chi connectivity index (χ0n) is 21.3. The molecule has 1 aliphatic carbocycles. The predicted octanol–water partition coefficient (Wildman–Crippen LogP) is 5.55. The van der Waals surface area contributed by atoms with Crippen LogP contribution in [0.3, 0.4) is 0 Å². The molecular weight excluding hydrogens is 461 g/mol. The van der Waals surface area contributed by atoms with E-state index in [9.17, 15) is 14.0 Å². The van der Waals surface area contributed by atoms with E-state index in [0.29, 0.717) is 46.7 Å². The van der Waals surface area contributed by atoms with Gasteiger partial charge in [-0.2, -0.15) is 0 Å². The molecule has 0 saturated carbocycles. The van der Waals surface area contributed by atoms with Crippen LogP contribution in [0, 0.1) is 5.82 Å². The molecule has 4 rings (SSSR count). The van der Waals surface area contributed by atoms with E-state index in [1.54, 1.807) is 33.3 Å². The molecule has 6 nitrogen and oxygen atoms in total. The summed E-state index contributed by atoms with van der Waals surface area (Å²) in [4.78, 5) is 27.0. The van der Waals surface area contributed by atoms with Crippen LogP contribution in [-0.4, -0.2) is 32.1 Å². The molecule has 2 aromatic rings. The van der Waals surface area contributed by atoms with E-state index in [-0.39, 0.29) is 24.2 Å². The predicted molar refractivity (Wildman–Crippen MR) is 134 cm³/mol. The number of rotatable bonds is 7. The molecule has 3 atom stereocenters. The lowest BCUT2D eigenvalue weighted by Gasteiger charge is -2.37. The van der Waals surface area contributed by atoms with Gasteiger partial charge in [-0.1, -0.05) is 25.1 Å². The van der Waals surface area contributed by atoms with Gasteiger partial charge in [0.15, 0.2) is 17.3 Å². The molecule has 1 heterocycles. The van der Waals surface area contributed by atoms with Crippen molar-refractivity contribution in [2.45, 2.75) is 58.0 Å². The lowest BCUT2D eigenvalue weighted by molar-refractivity contribution is -0.144. The number of ketones is 1. The molecule has 190 valence electrons. The van der Waals surface area contributed by atoms with Gasteiger partial charge in [0.2, 0.25) is 0 Å². The molecule has 0 fully saturated rings. The number of hydrogen-bond acceptors (Lipinski definition) is 6. The minimum atomic E-state index is -0.702. The molecule has 2 aromatic carbocycles. The van der Waals surface area contributed by atoms with Gasteiger partial charge in [0.1, 0.15) is 5.82 Å². The fourth-order valence-corrected chi connectivity index (χ4v) is 5.00. The molecule has 0 spiro atoms. The van der Waals surface area contributed by atoms with Gasteiger partial charge in [0, 0.05) is 29.3 Å².